The molecule has 170 valence electrons. The van der Waals surface area contributed by atoms with Crippen LogP contribution in [0, 0.1) is 11.8 Å². The number of hydrogen-bond acceptors (Lipinski definition) is 5. The number of carbonyl (C=O) groups is 4. The third-order valence-electron chi connectivity index (χ3n) is 6.22. The second-order valence-corrected chi connectivity index (χ2v) is 8.78. The van der Waals surface area contributed by atoms with E-state index in [-0.39, 0.29) is 29.7 Å². The number of hydrogen-bond donors (Lipinski definition) is 4. The molecule has 2 fully saturated rings. The molecule has 30 heavy (non-hydrogen) atoms. The van der Waals surface area contributed by atoms with Crippen LogP contribution in [-0.2, 0) is 19.2 Å². The Hall–Kier alpha value is -2.16. The van der Waals surface area contributed by atoms with Gasteiger partial charge >= 0.3 is 5.97 Å². The number of carbonyl (C=O) groups excluding carboxylic acids is 3. The van der Waals surface area contributed by atoms with Gasteiger partial charge in [-0.3, -0.25) is 14.4 Å². The van der Waals surface area contributed by atoms with Crippen LogP contribution in [-0.4, -0.2) is 71.0 Å². The van der Waals surface area contributed by atoms with E-state index >= 15 is 0 Å². The summed E-state index contributed by atoms with van der Waals surface area (Å²) in [4.78, 5) is 51.7. The molecule has 2 heterocycles. The predicted molar refractivity (Wildman–Crippen MR) is 112 cm³/mol. The molecule has 5 unspecified atom stereocenters. The van der Waals surface area contributed by atoms with Crippen molar-refractivity contribution in [3.05, 3.63) is 0 Å². The molecule has 0 bridgehead atoms. The second kappa shape index (κ2) is 10.7. The van der Waals surface area contributed by atoms with Gasteiger partial charge in [0, 0.05) is 6.54 Å². The zero-order valence-corrected chi connectivity index (χ0v) is 18.4. The lowest BCUT2D eigenvalue weighted by Gasteiger charge is -2.32. The molecule has 2 rings (SSSR count). The van der Waals surface area contributed by atoms with Crippen LogP contribution in [0.4, 0.5) is 0 Å². The lowest BCUT2D eigenvalue weighted by Crippen LogP contribution is -2.58. The molecule has 3 amide bonds. The maximum Gasteiger partial charge on any atom is 0.326 e. The minimum absolute atomic E-state index is 0.0883. The highest BCUT2D eigenvalue weighted by Gasteiger charge is 2.41. The fourth-order valence-corrected chi connectivity index (χ4v) is 4.09. The SMILES string of the molecule is CCC(C)C(NC(=O)C1CCCN1)C(=O)N1CCCC1C(=O)NC(C(=O)O)C(C)C. The zero-order chi connectivity index (χ0) is 22.4. The maximum atomic E-state index is 13.4. The predicted octanol–water partition coefficient (Wildman–Crippen LogP) is 0.486. The van der Waals surface area contributed by atoms with Crippen LogP contribution >= 0.6 is 0 Å². The Morgan fingerprint density at radius 1 is 1.03 bits per heavy atom. The first-order valence-electron chi connectivity index (χ1n) is 11.0. The summed E-state index contributed by atoms with van der Waals surface area (Å²) < 4.78 is 0. The number of nitrogens with zero attached hydrogens (tertiary/aromatic N) is 1. The number of likely N-dealkylation sites (tertiary alicyclic amines) is 1. The van der Waals surface area contributed by atoms with Crippen LogP contribution in [0.3, 0.4) is 0 Å². The molecule has 9 nitrogen and oxygen atoms in total. The summed E-state index contributed by atoms with van der Waals surface area (Å²) in [5, 5.41) is 18.0. The number of rotatable bonds is 9. The van der Waals surface area contributed by atoms with Gasteiger partial charge in [0.15, 0.2) is 0 Å². The Balaban J connectivity index is 2.12. The van der Waals surface area contributed by atoms with E-state index in [9.17, 15) is 24.3 Å². The van der Waals surface area contributed by atoms with Crippen molar-refractivity contribution in [1.29, 1.82) is 0 Å². The average Bonchev–Trinajstić information content (AvgIpc) is 3.40. The van der Waals surface area contributed by atoms with Crippen molar-refractivity contribution in [3.8, 4) is 0 Å². The van der Waals surface area contributed by atoms with Gasteiger partial charge < -0.3 is 26.0 Å². The molecular weight excluding hydrogens is 388 g/mol. The van der Waals surface area contributed by atoms with Gasteiger partial charge in [-0.1, -0.05) is 34.1 Å². The lowest BCUT2D eigenvalue weighted by molar-refractivity contribution is -0.146. The van der Waals surface area contributed by atoms with E-state index < -0.39 is 30.0 Å². The van der Waals surface area contributed by atoms with Crippen LogP contribution < -0.4 is 16.0 Å². The van der Waals surface area contributed by atoms with Gasteiger partial charge in [0.1, 0.15) is 18.1 Å². The minimum atomic E-state index is -1.09. The van der Waals surface area contributed by atoms with Gasteiger partial charge in [0.25, 0.3) is 0 Å². The molecule has 0 aromatic heterocycles. The van der Waals surface area contributed by atoms with E-state index in [4.69, 9.17) is 0 Å². The fraction of sp³-hybridized carbons (Fsp3) is 0.810. The summed E-state index contributed by atoms with van der Waals surface area (Å²) in [6.07, 6.45) is 3.51. The number of aliphatic carboxylic acids is 1. The first kappa shape index (κ1) is 24.1. The van der Waals surface area contributed by atoms with Crippen LogP contribution in [0.1, 0.15) is 59.8 Å². The van der Waals surface area contributed by atoms with Gasteiger partial charge in [0.2, 0.25) is 17.7 Å². The summed E-state index contributed by atoms with van der Waals surface area (Å²) in [6.45, 7) is 8.52. The van der Waals surface area contributed by atoms with Crippen molar-refractivity contribution in [3.63, 3.8) is 0 Å². The van der Waals surface area contributed by atoms with Gasteiger partial charge in [0.05, 0.1) is 6.04 Å². The topological polar surface area (TPSA) is 128 Å². The van der Waals surface area contributed by atoms with E-state index in [1.807, 2.05) is 13.8 Å². The molecule has 0 aromatic carbocycles. The standard InChI is InChI=1S/C21H36N4O5/c1-5-13(4)17(24-18(26)14-8-6-10-22-14)20(28)25-11-7-9-15(25)19(27)23-16(12(2)3)21(29)30/h12-17,22H,5-11H2,1-4H3,(H,23,27)(H,24,26)(H,29,30). The quantitative estimate of drug-likeness (QED) is 0.426. The Bertz CT molecular complexity index is 647. The van der Waals surface area contributed by atoms with Crippen molar-refractivity contribution >= 4 is 23.7 Å². The molecular formula is C21H36N4O5. The van der Waals surface area contributed by atoms with Crippen molar-refractivity contribution < 1.29 is 24.3 Å². The van der Waals surface area contributed by atoms with Crippen molar-refractivity contribution in [1.82, 2.24) is 20.9 Å². The first-order chi connectivity index (χ1) is 14.2. The van der Waals surface area contributed by atoms with Crippen LogP contribution in [0.5, 0.6) is 0 Å². The molecule has 0 radical (unpaired) electrons. The molecule has 2 saturated heterocycles. The number of amides is 3. The summed E-state index contributed by atoms with van der Waals surface area (Å²) >= 11 is 0. The molecule has 5 atom stereocenters. The maximum absolute atomic E-state index is 13.4. The molecule has 0 aromatic rings. The Morgan fingerprint density at radius 3 is 2.23 bits per heavy atom. The normalized spacial score (nSPS) is 24.4. The highest BCUT2D eigenvalue weighted by molar-refractivity contribution is 5.94. The van der Waals surface area contributed by atoms with Gasteiger partial charge in [-0.05, 0) is 44.1 Å². The van der Waals surface area contributed by atoms with Gasteiger partial charge in [-0.25, -0.2) is 4.79 Å². The van der Waals surface area contributed by atoms with E-state index in [0.29, 0.717) is 25.8 Å². The van der Waals surface area contributed by atoms with Gasteiger partial charge in [-0.2, -0.15) is 0 Å². The van der Waals surface area contributed by atoms with E-state index in [0.717, 1.165) is 19.4 Å². The largest absolute Gasteiger partial charge is 0.480 e. The molecule has 2 aliphatic heterocycles. The molecule has 9 heteroatoms. The smallest absolute Gasteiger partial charge is 0.326 e. The highest BCUT2D eigenvalue weighted by Crippen LogP contribution is 2.22. The first-order valence-corrected chi connectivity index (χ1v) is 11.0. The summed E-state index contributed by atoms with van der Waals surface area (Å²) in [5.41, 5.74) is 0. The third kappa shape index (κ3) is 5.71. The Morgan fingerprint density at radius 2 is 1.70 bits per heavy atom. The van der Waals surface area contributed by atoms with Crippen LogP contribution in [0.25, 0.3) is 0 Å². The lowest BCUT2D eigenvalue weighted by atomic mass is 9.96. The number of carboxylic acid groups (broad SMARTS) is 1. The number of nitrogens with one attached hydrogen (secondary N) is 3. The van der Waals surface area contributed by atoms with Crippen molar-refractivity contribution in [2.45, 2.75) is 84.0 Å². The summed E-state index contributed by atoms with van der Waals surface area (Å²) in [7, 11) is 0. The number of carboxylic acids is 1. The fourth-order valence-electron chi connectivity index (χ4n) is 4.09. The van der Waals surface area contributed by atoms with E-state index in [1.165, 1.54) is 4.90 Å². The third-order valence-corrected chi connectivity index (χ3v) is 6.22. The molecule has 0 spiro atoms. The summed E-state index contributed by atoms with van der Waals surface area (Å²) in [5.74, 6) is -2.36. The minimum Gasteiger partial charge on any atom is -0.480 e. The molecule has 4 N–H and O–H groups in total. The molecule has 2 aliphatic rings. The van der Waals surface area contributed by atoms with E-state index in [2.05, 4.69) is 16.0 Å². The molecule has 0 aliphatic carbocycles. The summed E-state index contributed by atoms with van der Waals surface area (Å²) in [6, 6.07) is -2.72. The van der Waals surface area contributed by atoms with Crippen molar-refractivity contribution in [2.24, 2.45) is 11.8 Å². The Labute approximate surface area is 178 Å². The van der Waals surface area contributed by atoms with Crippen LogP contribution in [0.15, 0.2) is 0 Å². The monoisotopic (exact) mass is 424 g/mol. The second-order valence-electron chi connectivity index (χ2n) is 8.78. The van der Waals surface area contributed by atoms with Crippen molar-refractivity contribution in [2.75, 3.05) is 13.1 Å². The highest BCUT2D eigenvalue weighted by atomic mass is 16.4. The average molecular weight is 425 g/mol. The zero-order valence-electron chi connectivity index (χ0n) is 18.4. The Kier molecular flexibility index (Phi) is 8.64. The van der Waals surface area contributed by atoms with Crippen LogP contribution in [0.2, 0.25) is 0 Å². The van der Waals surface area contributed by atoms with E-state index in [1.54, 1.807) is 13.8 Å². The van der Waals surface area contributed by atoms with Gasteiger partial charge in [-0.15, -0.1) is 0 Å². The molecule has 0 saturated carbocycles.